The van der Waals surface area contributed by atoms with Crippen molar-refractivity contribution in [2.45, 2.75) is 13.3 Å². The first kappa shape index (κ1) is 26.2. The Kier molecular flexibility index (Phi) is 8.15. The molecule has 0 saturated carbocycles. The summed E-state index contributed by atoms with van der Waals surface area (Å²) in [6, 6.07) is 21.1. The summed E-state index contributed by atoms with van der Waals surface area (Å²) in [4.78, 5) is 4.75. The Labute approximate surface area is 205 Å². The highest BCUT2D eigenvalue weighted by Crippen LogP contribution is 2.37. The van der Waals surface area contributed by atoms with Crippen LogP contribution in [-0.4, -0.2) is 45.5 Å². The number of nitrogens with one attached hydrogen (secondary N) is 2. The van der Waals surface area contributed by atoms with Crippen LogP contribution in [-0.2, 0) is 20.1 Å². The first-order valence-electron chi connectivity index (χ1n) is 10.7. The normalized spacial score (nSPS) is 11.5. The quantitative estimate of drug-likeness (QED) is 0.235. The average Bonchev–Trinajstić information content (AvgIpc) is 2.78. The molecule has 0 aliphatic carbocycles. The number of aromatic nitrogens is 1. The molecule has 186 valence electrons. The van der Waals surface area contributed by atoms with Crippen molar-refractivity contribution < 1.29 is 26.1 Å². The largest absolute Gasteiger partial charge is 0.494 e. The smallest absolute Gasteiger partial charge is 0.261 e. The monoisotopic (exact) mass is 517 g/mol. The van der Waals surface area contributed by atoms with Crippen LogP contribution in [0.15, 0.2) is 66.7 Å². The lowest BCUT2D eigenvalue weighted by Gasteiger charge is -2.17. The number of benzene rings is 3. The van der Waals surface area contributed by atoms with Crippen molar-refractivity contribution >= 4 is 59.0 Å². The van der Waals surface area contributed by atoms with Crippen molar-refractivity contribution in [3.05, 3.63) is 66.7 Å². The minimum atomic E-state index is -3.67. The zero-order chi connectivity index (χ0) is 25.6. The van der Waals surface area contributed by atoms with E-state index >= 15 is 0 Å². The van der Waals surface area contributed by atoms with Crippen LogP contribution in [0.4, 0.5) is 17.1 Å². The molecule has 0 fully saturated rings. The van der Waals surface area contributed by atoms with E-state index in [1.54, 1.807) is 19.2 Å². The highest BCUT2D eigenvalue weighted by Gasteiger charge is 2.14. The fraction of sp³-hybridized carbons (Fsp3) is 0.208. The van der Waals surface area contributed by atoms with E-state index in [2.05, 4.69) is 10.0 Å². The van der Waals surface area contributed by atoms with Crippen LogP contribution in [0.2, 0.25) is 0 Å². The standard InChI is InChI=1S/C23H23N3O3S.CH4O3S/c1-3-14-30(27,28)26-16-12-13-21(22(15-16)29-2)25-23-17-8-4-6-10-19(17)24-20-11-7-5-9-18(20)23;1-5(2,3)4/h4-13,15,26H,3,14H2,1-2H3,(H,24,25);1H3,(H,2,3,4). The van der Waals surface area contributed by atoms with Gasteiger partial charge in [0.1, 0.15) is 5.75 Å². The van der Waals surface area contributed by atoms with E-state index < -0.39 is 20.1 Å². The number of rotatable bonds is 7. The highest BCUT2D eigenvalue weighted by molar-refractivity contribution is 7.92. The Morgan fingerprint density at radius 3 is 1.97 bits per heavy atom. The molecule has 0 amide bonds. The number of fused-ring (bicyclic) bond motifs is 2. The summed E-state index contributed by atoms with van der Waals surface area (Å²) in [5, 5.41) is 5.47. The molecule has 0 aliphatic heterocycles. The molecule has 3 aromatic carbocycles. The van der Waals surface area contributed by atoms with Crippen LogP contribution in [0.25, 0.3) is 21.8 Å². The third-order valence-corrected chi connectivity index (χ3v) is 6.29. The number of ether oxygens (including phenoxy) is 1. The van der Waals surface area contributed by atoms with Crippen molar-refractivity contribution in [3.63, 3.8) is 0 Å². The third-order valence-electron chi connectivity index (χ3n) is 4.80. The first-order chi connectivity index (χ1) is 16.5. The molecule has 0 unspecified atom stereocenters. The van der Waals surface area contributed by atoms with E-state index in [0.717, 1.165) is 33.2 Å². The zero-order valence-corrected chi connectivity index (χ0v) is 21.2. The number of hydrogen-bond donors (Lipinski definition) is 3. The Balaban J connectivity index is 0.000000623. The predicted octanol–water partition coefficient (Wildman–Crippen LogP) is 4.80. The molecule has 9 nitrogen and oxygen atoms in total. The maximum Gasteiger partial charge on any atom is 0.261 e. The predicted molar refractivity (Wildman–Crippen MR) is 141 cm³/mol. The van der Waals surface area contributed by atoms with Crippen molar-refractivity contribution in [1.29, 1.82) is 0 Å². The van der Waals surface area contributed by atoms with Gasteiger partial charge in [-0.25, -0.2) is 13.4 Å². The topological polar surface area (TPSA) is 135 Å². The van der Waals surface area contributed by atoms with Crippen LogP contribution in [0.3, 0.4) is 0 Å². The Hall–Kier alpha value is -3.41. The zero-order valence-electron chi connectivity index (χ0n) is 19.5. The molecule has 4 rings (SSSR count). The lowest BCUT2D eigenvalue weighted by atomic mass is 10.1. The van der Waals surface area contributed by atoms with Crippen molar-refractivity contribution in [3.8, 4) is 5.75 Å². The Morgan fingerprint density at radius 1 is 0.914 bits per heavy atom. The molecule has 4 aromatic rings. The van der Waals surface area contributed by atoms with Crippen LogP contribution in [0.5, 0.6) is 5.75 Å². The molecule has 35 heavy (non-hydrogen) atoms. The van der Waals surface area contributed by atoms with Gasteiger partial charge in [0, 0.05) is 16.8 Å². The molecule has 3 N–H and O–H groups in total. The minimum absolute atomic E-state index is 0.0737. The molecule has 0 atom stereocenters. The number of pyridine rings is 1. The van der Waals surface area contributed by atoms with Gasteiger partial charge in [0.05, 0.1) is 47.2 Å². The van der Waals surface area contributed by atoms with Crippen molar-refractivity contribution in [2.75, 3.05) is 29.2 Å². The van der Waals surface area contributed by atoms with Gasteiger partial charge in [0.15, 0.2) is 0 Å². The van der Waals surface area contributed by atoms with Gasteiger partial charge in [0.2, 0.25) is 10.0 Å². The lowest BCUT2D eigenvalue weighted by Crippen LogP contribution is -2.16. The van der Waals surface area contributed by atoms with Gasteiger partial charge in [-0.15, -0.1) is 0 Å². The van der Waals surface area contributed by atoms with E-state index in [0.29, 0.717) is 24.1 Å². The maximum atomic E-state index is 12.1. The van der Waals surface area contributed by atoms with E-state index in [9.17, 15) is 16.8 Å². The van der Waals surface area contributed by atoms with Crippen LogP contribution < -0.4 is 14.8 Å². The number of anilines is 3. The van der Waals surface area contributed by atoms with Gasteiger partial charge in [-0.2, -0.15) is 8.42 Å². The molecule has 0 saturated heterocycles. The molecule has 11 heteroatoms. The van der Waals surface area contributed by atoms with Gasteiger partial charge in [-0.1, -0.05) is 43.3 Å². The second-order valence-corrected chi connectivity index (χ2v) is 11.0. The first-order valence-corrected chi connectivity index (χ1v) is 14.2. The van der Waals surface area contributed by atoms with Crippen LogP contribution in [0.1, 0.15) is 13.3 Å². The van der Waals surface area contributed by atoms with Gasteiger partial charge in [-0.3, -0.25) is 9.27 Å². The summed E-state index contributed by atoms with van der Waals surface area (Å²) in [5.41, 5.74) is 3.91. The van der Waals surface area contributed by atoms with Crippen molar-refractivity contribution in [2.24, 2.45) is 0 Å². The van der Waals surface area contributed by atoms with E-state index in [4.69, 9.17) is 14.3 Å². The summed E-state index contributed by atoms with van der Waals surface area (Å²) in [7, 11) is -5.48. The molecule has 0 spiro atoms. The van der Waals surface area contributed by atoms with Crippen molar-refractivity contribution in [1.82, 2.24) is 4.98 Å². The second kappa shape index (κ2) is 10.9. The summed E-state index contributed by atoms with van der Waals surface area (Å²) in [6.07, 6.45) is 1.27. The number of methoxy groups -OCH3 is 1. The van der Waals surface area contributed by atoms with E-state index in [1.807, 2.05) is 61.5 Å². The third kappa shape index (κ3) is 7.28. The Morgan fingerprint density at radius 2 is 1.46 bits per heavy atom. The molecular formula is C24H27N3O6S2. The minimum Gasteiger partial charge on any atom is -0.494 e. The van der Waals surface area contributed by atoms with Gasteiger partial charge < -0.3 is 10.1 Å². The molecular weight excluding hydrogens is 490 g/mol. The molecule has 0 aliphatic rings. The van der Waals surface area contributed by atoms with Gasteiger partial charge in [0.25, 0.3) is 10.1 Å². The van der Waals surface area contributed by atoms with E-state index in [1.165, 1.54) is 0 Å². The van der Waals surface area contributed by atoms with Crippen LogP contribution >= 0.6 is 0 Å². The summed E-state index contributed by atoms with van der Waals surface area (Å²) in [6.45, 7) is 1.83. The number of nitrogens with zero attached hydrogens (tertiary/aromatic N) is 1. The molecule has 0 bridgehead atoms. The number of para-hydroxylation sites is 2. The average molecular weight is 518 g/mol. The van der Waals surface area contributed by atoms with E-state index in [-0.39, 0.29) is 5.75 Å². The van der Waals surface area contributed by atoms with Gasteiger partial charge in [-0.05, 0) is 30.7 Å². The molecule has 0 radical (unpaired) electrons. The highest BCUT2D eigenvalue weighted by atomic mass is 32.2. The van der Waals surface area contributed by atoms with Crippen LogP contribution in [0, 0.1) is 0 Å². The number of hydrogen-bond acceptors (Lipinski definition) is 7. The van der Waals surface area contributed by atoms with Gasteiger partial charge >= 0.3 is 0 Å². The Bertz CT molecular complexity index is 1490. The fourth-order valence-electron chi connectivity index (χ4n) is 3.47. The summed E-state index contributed by atoms with van der Waals surface area (Å²) < 4.78 is 58.2. The summed E-state index contributed by atoms with van der Waals surface area (Å²) >= 11 is 0. The fourth-order valence-corrected chi connectivity index (χ4v) is 4.59. The lowest BCUT2D eigenvalue weighted by molar-refractivity contribution is 0.417. The SMILES string of the molecule is CCCS(=O)(=O)Nc1ccc(Nc2c3ccccc3nc3ccccc23)c(OC)c1.CS(=O)(=O)O. The number of sulfonamides is 1. The molecule has 1 heterocycles. The summed E-state index contributed by atoms with van der Waals surface area (Å²) in [5.74, 6) is 0.612. The molecule has 1 aromatic heterocycles. The maximum absolute atomic E-state index is 12.1. The second-order valence-electron chi connectivity index (χ2n) is 7.72.